The number of hydrogen-bond donors (Lipinski definition) is 2. The molecule has 0 aromatic carbocycles. The number of amides is 1. The average Bonchev–Trinajstić information content (AvgIpc) is 2.73. The molecule has 0 radical (unpaired) electrons. The fraction of sp³-hybridized carbons (Fsp3) is 0.350. The van der Waals surface area contributed by atoms with E-state index in [4.69, 9.17) is 0 Å². The Morgan fingerprint density at radius 1 is 1.44 bits per heavy atom. The van der Waals surface area contributed by atoms with Gasteiger partial charge in [0.15, 0.2) is 0 Å². The van der Waals surface area contributed by atoms with Crippen LogP contribution in [0.25, 0.3) is 11.1 Å². The van der Waals surface area contributed by atoms with Crippen LogP contribution in [0.5, 0.6) is 0 Å². The van der Waals surface area contributed by atoms with E-state index in [9.17, 15) is 9.59 Å². The van der Waals surface area contributed by atoms with Gasteiger partial charge in [0.2, 0.25) is 5.91 Å². The van der Waals surface area contributed by atoms with Crippen molar-refractivity contribution >= 4 is 17.4 Å². The summed E-state index contributed by atoms with van der Waals surface area (Å²) in [6, 6.07) is 5.82. The molecule has 3 heterocycles. The molecule has 1 saturated heterocycles. The van der Waals surface area contributed by atoms with Gasteiger partial charge in [-0.15, -0.1) is 0 Å². The highest BCUT2D eigenvalue weighted by Crippen LogP contribution is 2.25. The topological polar surface area (TPSA) is 81.3 Å². The number of rotatable bonds is 5. The molecule has 0 unspecified atom stereocenters. The number of piperidine rings is 1. The maximum absolute atomic E-state index is 12.5. The van der Waals surface area contributed by atoms with Crippen molar-refractivity contribution < 1.29 is 4.79 Å². The number of nitrogens with zero attached hydrogens (tertiary/aromatic N) is 3. The van der Waals surface area contributed by atoms with Gasteiger partial charge in [0, 0.05) is 51.2 Å². The molecule has 0 bridgehead atoms. The highest BCUT2D eigenvalue weighted by Gasteiger charge is 2.26. The van der Waals surface area contributed by atoms with E-state index in [0.29, 0.717) is 12.2 Å². The predicted octanol–water partition coefficient (Wildman–Crippen LogP) is 2.09. The third-order valence-corrected chi connectivity index (χ3v) is 5.04. The van der Waals surface area contributed by atoms with Crippen molar-refractivity contribution in [2.75, 3.05) is 37.4 Å². The number of likely N-dealkylation sites (tertiary alicyclic amines) is 1. The van der Waals surface area contributed by atoms with E-state index in [0.717, 1.165) is 36.3 Å². The lowest BCUT2D eigenvalue weighted by Gasteiger charge is -2.38. The normalized spacial score (nSPS) is 16.7. The van der Waals surface area contributed by atoms with Gasteiger partial charge in [-0.1, -0.05) is 6.58 Å². The van der Waals surface area contributed by atoms with Gasteiger partial charge < -0.3 is 20.1 Å². The Morgan fingerprint density at radius 3 is 3.00 bits per heavy atom. The second-order valence-electron chi connectivity index (χ2n) is 6.68. The second-order valence-corrected chi connectivity index (χ2v) is 6.68. The van der Waals surface area contributed by atoms with Crippen molar-refractivity contribution in [1.82, 2.24) is 14.9 Å². The molecule has 7 nitrogen and oxygen atoms in total. The van der Waals surface area contributed by atoms with Crippen LogP contribution < -0.4 is 15.8 Å². The first-order valence-electron chi connectivity index (χ1n) is 9.04. The minimum atomic E-state index is -0.142. The van der Waals surface area contributed by atoms with Gasteiger partial charge in [0.05, 0.1) is 0 Å². The van der Waals surface area contributed by atoms with Gasteiger partial charge in [-0.05, 0) is 42.7 Å². The number of pyridine rings is 2. The van der Waals surface area contributed by atoms with Crippen LogP contribution in [0.15, 0.2) is 48.0 Å². The van der Waals surface area contributed by atoms with Crippen molar-refractivity contribution in [3.8, 4) is 11.1 Å². The molecule has 0 saturated carbocycles. The van der Waals surface area contributed by atoms with Crippen molar-refractivity contribution in [2.45, 2.75) is 18.9 Å². The Hall–Kier alpha value is -3.09. The highest BCUT2D eigenvalue weighted by molar-refractivity contribution is 5.87. The van der Waals surface area contributed by atoms with Crippen LogP contribution in [0.4, 0.5) is 11.5 Å². The smallest absolute Gasteiger partial charge is 0.271 e. The van der Waals surface area contributed by atoms with Crippen LogP contribution in [0.1, 0.15) is 12.8 Å². The number of H-pyrrole nitrogens is 1. The Bertz CT molecular complexity index is 892. The summed E-state index contributed by atoms with van der Waals surface area (Å²) >= 11 is 0. The van der Waals surface area contributed by atoms with Gasteiger partial charge in [-0.2, -0.15) is 0 Å². The third-order valence-electron chi connectivity index (χ3n) is 5.04. The molecule has 0 spiro atoms. The van der Waals surface area contributed by atoms with Crippen LogP contribution in [0, 0.1) is 0 Å². The minimum Gasteiger partial charge on any atom is -0.373 e. The molecule has 27 heavy (non-hydrogen) atoms. The molecule has 2 aromatic heterocycles. The summed E-state index contributed by atoms with van der Waals surface area (Å²) in [6.07, 6.45) is 6.62. The maximum atomic E-state index is 12.5. The van der Waals surface area contributed by atoms with E-state index in [1.807, 2.05) is 37.2 Å². The van der Waals surface area contributed by atoms with Gasteiger partial charge in [0.1, 0.15) is 11.5 Å². The van der Waals surface area contributed by atoms with Crippen LogP contribution in [0.3, 0.4) is 0 Å². The molecule has 7 heteroatoms. The Morgan fingerprint density at radius 2 is 2.26 bits per heavy atom. The monoisotopic (exact) mass is 367 g/mol. The first-order chi connectivity index (χ1) is 13.0. The standard InChI is InChI=1S/C20H25N5O2/c1-4-19(26)25-9-5-6-16(13-25)24(3)17-10-15(12-23-20(17)27)14-7-8-22-18(11-14)21-2/h4,7-8,10-12,16H,1,5-6,9,13H2,2-3H3,(H,21,22)(H,23,27)/t16-/m1/s1. The van der Waals surface area contributed by atoms with Gasteiger partial charge in [0.25, 0.3) is 5.56 Å². The van der Waals surface area contributed by atoms with Crippen LogP contribution in [0.2, 0.25) is 0 Å². The molecule has 3 rings (SSSR count). The largest absolute Gasteiger partial charge is 0.373 e. The lowest BCUT2D eigenvalue weighted by molar-refractivity contribution is -0.127. The molecule has 2 N–H and O–H groups in total. The average molecular weight is 367 g/mol. The van der Waals surface area contributed by atoms with Gasteiger partial charge >= 0.3 is 0 Å². The quantitative estimate of drug-likeness (QED) is 0.791. The number of aromatic nitrogens is 2. The summed E-state index contributed by atoms with van der Waals surface area (Å²) in [7, 11) is 3.73. The van der Waals surface area contributed by atoms with Crippen LogP contribution in [-0.2, 0) is 4.79 Å². The fourth-order valence-electron chi connectivity index (χ4n) is 3.44. The summed E-state index contributed by atoms with van der Waals surface area (Å²) in [6.45, 7) is 4.89. The Kier molecular flexibility index (Phi) is 5.59. The molecule has 1 atom stereocenters. The second kappa shape index (κ2) is 8.07. The van der Waals surface area contributed by atoms with Gasteiger partial charge in [-0.3, -0.25) is 9.59 Å². The Labute approximate surface area is 158 Å². The molecular weight excluding hydrogens is 342 g/mol. The van der Waals surface area contributed by atoms with E-state index in [2.05, 4.69) is 21.9 Å². The number of aromatic amines is 1. The van der Waals surface area contributed by atoms with Crippen molar-refractivity contribution in [1.29, 1.82) is 0 Å². The van der Waals surface area contributed by atoms with Crippen molar-refractivity contribution in [3.63, 3.8) is 0 Å². The lowest BCUT2D eigenvalue weighted by atomic mass is 10.0. The number of hydrogen-bond acceptors (Lipinski definition) is 5. The van der Waals surface area contributed by atoms with E-state index in [-0.39, 0.29) is 17.5 Å². The van der Waals surface area contributed by atoms with E-state index < -0.39 is 0 Å². The number of likely N-dealkylation sites (N-methyl/N-ethyl adjacent to an activating group) is 1. The first kappa shape index (κ1) is 18.7. The zero-order valence-electron chi connectivity index (χ0n) is 15.7. The summed E-state index contributed by atoms with van der Waals surface area (Å²) in [4.78, 5) is 35.2. The van der Waals surface area contributed by atoms with Crippen molar-refractivity contribution in [3.05, 3.63) is 53.6 Å². The fourth-order valence-corrected chi connectivity index (χ4v) is 3.44. The molecule has 1 aliphatic rings. The number of carbonyl (C=O) groups is 1. The zero-order chi connectivity index (χ0) is 19.4. The molecule has 1 amide bonds. The van der Waals surface area contributed by atoms with Crippen LogP contribution in [-0.4, -0.2) is 54.0 Å². The number of nitrogens with one attached hydrogen (secondary N) is 2. The molecule has 1 fully saturated rings. The third kappa shape index (κ3) is 4.02. The summed E-state index contributed by atoms with van der Waals surface area (Å²) in [5.41, 5.74) is 2.32. The van der Waals surface area contributed by atoms with Crippen LogP contribution >= 0.6 is 0 Å². The SMILES string of the molecule is C=CC(=O)N1CCC[C@@H](N(C)c2cc(-c3ccnc(NC)c3)c[nH]c2=O)C1. The first-order valence-corrected chi connectivity index (χ1v) is 9.04. The molecule has 2 aromatic rings. The highest BCUT2D eigenvalue weighted by atomic mass is 16.2. The molecule has 142 valence electrons. The van der Waals surface area contributed by atoms with Crippen molar-refractivity contribution in [2.24, 2.45) is 0 Å². The molecule has 0 aliphatic carbocycles. The Balaban J connectivity index is 1.88. The van der Waals surface area contributed by atoms with E-state index >= 15 is 0 Å². The van der Waals surface area contributed by atoms with E-state index in [1.165, 1.54) is 6.08 Å². The zero-order valence-corrected chi connectivity index (χ0v) is 15.7. The number of carbonyl (C=O) groups excluding carboxylic acids is 1. The van der Waals surface area contributed by atoms with Gasteiger partial charge in [-0.25, -0.2) is 4.98 Å². The molecule has 1 aliphatic heterocycles. The lowest BCUT2D eigenvalue weighted by Crippen LogP contribution is -2.49. The summed E-state index contributed by atoms with van der Waals surface area (Å²) in [5.74, 6) is 0.701. The summed E-state index contributed by atoms with van der Waals surface area (Å²) in [5, 5.41) is 3.02. The molecular formula is C20H25N5O2. The van der Waals surface area contributed by atoms with E-state index in [1.54, 1.807) is 17.3 Å². The minimum absolute atomic E-state index is 0.0628. The summed E-state index contributed by atoms with van der Waals surface area (Å²) < 4.78 is 0. The predicted molar refractivity (Wildman–Crippen MR) is 108 cm³/mol. The number of anilines is 2. The maximum Gasteiger partial charge on any atom is 0.271 e.